The minimum Gasteiger partial charge on any atom is -0.197 e. The van der Waals surface area contributed by atoms with E-state index >= 15 is 0 Å². The van der Waals surface area contributed by atoms with Crippen LogP contribution in [0.1, 0.15) is 24.7 Å². The monoisotopic (exact) mass is 191 g/mol. The third-order valence-corrected chi connectivity index (χ3v) is 2.82. The zero-order valence-corrected chi connectivity index (χ0v) is 8.71. The molecule has 0 unspecified atom stereocenters. The van der Waals surface area contributed by atoms with E-state index in [1.165, 1.54) is 0 Å². The average Bonchev–Trinajstić information content (AvgIpc) is 2.15. The molecule has 1 aromatic rings. The van der Waals surface area contributed by atoms with Crippen LogP contribution in [-0.2, 0) is 0 Å². The summed E-state index contributed by atoms with van der Waals surface area (Å²) in [4.78, 5) is 0. The number of rotatable bonds is 3. The normalized spacial score (nSPS) is 12.5. The fraction of sp³-hybridized carbons (Fsp3) is 0.364. The number of nitriles is 1. The lowest BCUT2D eigenvalue weighted by Gasteiger charge is -2.11. The van der Waals surface area contributed by atoms with Crippen molar-refractivity contribution in [2.45, 2.75) is 24.3 Å². The van der Waals surface area contributed by atoms with Gasteiger partial charge in [0.1, 0.15) is 5.25 Å². The van der Waals surface area contributed by atoms with Gasteiger partial charge in [-0.1, -0.05) is 44.2 Å². The van der Waals surface area contributed by atoms with Crippen molar-refractivity contribution >= 4 is 11.8 Å². The lowest BCUT2D eigenvalue weighted by molar-refractivity contribution is 1.09. The lowest BCUT2D eigenvalue weighted by atomic mass is 10.2. The zero-order chi connectivity index (χ0) is 9.68. The van der Waals surface area contributed by atoms with E-state index in [0.717, 1.165) is 5.56 Å². The molecular formula is C11H13NS. The van der Waals surface area contributed by atoms with Gasteiger partial charge >= 0.3 is 0 Å². The van der Waals surface area contributed by atoms with Crippen LogP contribution in [0.3, 0.4) is 0 Å². The van der Waals surface area contributed by atoms with Gasteiger partial charge in [0.2, 0.25) is 0 Å². The van der Waals surface area contributed by atoms with Crippen LogP contribution in [0.25, 0.3) is 0 Å². The molecule has 2 heteroatoms. The smallest absolute Gasteiger partial charge is 0.117 e. The first-order valence-corrected chi connectivity index (χ1v) is 5.28. The molecule has 1 aromatic carbocycles. The predicted molar refractivity (Wildman–Crippen MR) is 57.5 cm³/mol. The van der Waals surface area contributed by atoms with Crippen LogP contribution >= 0.6 is 11.8 Å². The third kappa shape index (κ3) is 3.12. The summed E-state index contributed by atoms with van der Waals surface area (Å²) in [5.41, 5.74) is 1.10. The van der Waals surface area contributed by atoms with E-state index in [9.17, 15) is 0 Å². The first-order valence-electron chi connectivity index (χ1n) is 4.34. The molecule has 0 saturated heterocycles. The Morgan fingerprint density at radius 3 is 2.31 bits per heavy atom. The minimum atomic E-state index is -0.0267. The van der Waals surface area contributed by atoms with Gasteiger partial charge in [0.15, 0.2) is 0 Å². The Bertz CT molecular complexity index is 287. The molecule has 0 spiro atoms. The minimum absolute atomic E-state index is 0.0267. The Morgan fingerprint density at radius 1 is 1.23 bits per heavy atom. The number of hydrogen-bond acceptors (Lipinski definition) is 2. The Balaban J connectivity index is 2.75. The molecule has 1 atom stereocenters. The van der Waals surface area contributed by atoms with Crippen molar-refractivity contribution in [1.29, 1.82) is 5.26 Å². The van der Waals surface area contributed by atoms with Gasteiger partial charge < -0.3 is 0 Å². The van der Waals surface area contributed by atoms with E-state index in [1.54, 1.807) is 11.8 Å². The highest BCUT2D eigenvalue weighted by Crippen LogP contribution is 2.30. The van der Waals surface area contributed by atoms with Crippen molar-refractivity contribution in [1.82, 2.24) is 0 Å². The average molecular weight is 191 g/mol. The number of thioether (sulfide) groups is 1. The molecule has 0 heterocycles. The van der Waals surface area contributed by atoms with Crippen LogP contribution in [0.4, 0.5) is 0 Å². The summed E-state index contributed by atoms with van der Waals surface area (Å²) in [6.45, 7) is 4.22. The van der Waals surface area contributed by atoms with Gasteiger partial charge in [0.05, 0.1) is 6.07 Å². The highest BCUT2D eigenvalue weighted by Gasteiger charge is 2.11. The molecule has 0 aliphatic carbocycles. The van der Waals surface area contributed by atoms with Crippen molar-refractivity contribution < 1.29 is 0 Å². The van der Waals surface area contributed by atoms with Crippen molar-refractivity contribution in [2.75, 3.05) is 0 Å². The Kier molecular flexibility index (Phi) is 3.85. The van der Waals surface area contributed by atoms with E-state index in [0.29, 0.717) is 5.25 Å². The molecule has 68 valence electrons. The van der Waals surface area contributed by atoms with E-state index in [1.807, 2.05) is 30.3 Å². The molecule has 0 radical (unpaired) electrons. The van der Waals surface area contributed by atoms with Crippen molar-refractivity contribution in [3.63, 3.8) is 0 Å². The van der Waals surface area contributed by atoms with Gasteiger partial charge in [0.25, 0.3) is 0 Å². The van der Waals surface area contributed by atoms with Crippen LogP contribution < -0.4 is 0 Å². The SMILES string of the molecule is CC(C)S[C@H](C#N)c1ccccc1. The first-order chi connectivity index (χ1) is 6.24. The molecule has 0 aromatic heterocycles. The molecule has 1 nitrogen and oxygen atoms in total. The van der Waals surface area contributed by atoms with Crippen LogP contribution in [0.15, 0.2) is 30.3 Å². The highest BCUT2D eigenvalue weighted by atomic mass is 32.2. The van der Waals surface area contributed by atoms with E-state index in [2.05, 4.69) is 19.9 Å². The molecule has 0 N–H and O–H groups in total. The molecule has 0 aliphatic heterocycles. The molecule has 0 aliphatic rings. The van der Waals surface area contributed by atoms with Crippen molar-refractivity contribution in [3.8, 4) is 6.07 Å². The molecule has 0 fully saturated rings. The van der Waals surface area contributed by atoms with Gasteiger partial charge in [-0.2, -0.15) is 5.26 Å². The summed E-state index contributed by atoms with van der Waals surface area (Å²) in [6, 6.07) is 12.2. The maximum atomic E-state index is 8.96. The van der Waals surface area contributed by atoms with Crippen molar-refractivity contribution in [3.05, 3.63) is 35.9 Å². The van der Waals surface area contributed by atoms with Crippen LogP contribution in [0.5, 0.6) is 0 Å². The second-order valence-corrected chi connectivity index (χ2v) is 4.79. The molecule has 0 amide bonds. The molecule has 1 rings (SSSR count). The predicted octanol–water partition coefficient (Wildman–Crippen LogP) is 3.39. The van der Waals surface area contributed by atoms with Gasteiger partial charge in [-0.15, -0.1) is 11.8 Å². The summed E-state index contributed by atoms with van der Waals surface area (Å²) in [7, 11) is 0. The second kappa shape index (κ2) is 4.94. The van der Waals surface area contributed by atoms with E-state index < -0.39 is 0 Å². The number of hydrogen-bond donors (Lipinski definition) is 0. The third-order valence-electron chi connectivity index (χ3n) is 1.63. The van der Waals surface area contributed by atoms with Crippen molar-refractivity contribution in [2.24, 2.45) is 0 Å². The maximum absolute atomic E-state index is 8.96. The van der Waals surface area contributed by atoms with Gasteiger partial charge in [-0.25, -0.2) is 0 Å². The fourth-order valence-electron chi connectivity index (χ4n) is 1.08. The Hall–Kier alpha value is -0.940. The molecule has 0 bridgehead atoms. The summed E-state index contributed by atoms with van der Waals surface area (Å²) in [6.07, 6.45) is 0. The van der Waals surface area contributed by atoms with Gasteiger partial charge in [-0.05, 0) is 5.56 Å². The fourth-order valence-corrected chi connectivity index (χ4v) is 2.00. The maximum Gasteiger partial charge on any atom is 0.117 e. The summed E-state index contributed by atoms with van der Waals surface area (Å²) < 4.78 is 0. The zero-order valence-electron chi connectivity index (χ0n) is 7.90. The van der Waals surface area contributed by atoms with Crippen LogP contribution in [-0.4, -0.2) is 5.25 Å². The standard InChI is InChI=1S/C11H13NS/c1-9(2)13-11(8-12)10-6-4-3-5-7-10/h3-7,9,11H,1-2H3/t11-/m1/s1. The molecule has 13 heavy (non-hydrogen) atoms. The number of nitrogens with zero attached hydrogens (tertiary/aromatic N) is 1. The van der Waals surface area contributed by atoms with E-state index in [4.69, 9.17) is 5.26 Å². The Labute approximate surface area is 83.8 Å². The summed E-state index contributed by atoms with van der Waals surface area (Å²) >= 11 is 1.69. The topological polar surface area (TPSA) is 23.8 Å². The molecule has 0 saturated carbocycles. The largest absolute Gasteiger partial charge is 0.197 e. The van der Waals surface area contributed by atoms with E-state index in [-0.39, 0.29) is 5.25 Å². The van der Waals surface area contributed by atoms with Crippen LogP contribution in [0.2, 0.25) is 0 Å². The quantitative estimate of drug-likeness (QED) is 0.731. The second-order valence-electron chi connectivity index (χ2n) is 3.10. The van der Waals surface area contributed by atoms with Gasteiger partial charge in [0, 0.05) is 5.25 Å². The lowest BCUT2D eigenvalue weighted by Crippen LogP contribution is -1.95. The Morgan fingerprint density at radius 2 is 1.85 bits per heavy atom. The van der Waals surface area contributed by atoms with Crippen LogP contribution in [0, 0.1) is 11.3 Å². The summed E-state index contributed by atoms with van der Waals surface area (Å²) in [5.74, 6) is 0. The summed E-state index contributed by atoms with van der Waals surface area (Å²) in [5, 5.41) is 9.42. The number of benzene rings is 1. The first kappa shape index (κ1) is 10.1. The van der Waals surface area contributed by atoms with Gasteiger partial charge in [-0.3, -0.25) is 0 Å². The molecular weight excluding hydrogens is 178 g/mol. The highest BCUT2D eigenvalue weighted by molar-refractivity contribution is 8.00.